The molecule has 0 aromatic carbocycles. The van der Waals surface area contributed by atoms with E-state index in [4.69, 9.17) is 0 Å². The molecule has 0 saturated carbocycles. The molecular weight excluding hydrogens is 232 g/mol. The monoisotopic (exact) mass is 240 g/mol. The molecule has 90 valence electrons. The van der Waals surface area contributed by atoms with Gasteiger partial charge < -0.3 is 4.74 Å². The molecular formula is C8H8F4N2O2. The predicted octanol–water partition coefficient (Wildman–Crippen LogP) is 1.57. The van der Waals surface area contributed by atoms with Gasteiger partial charge in [-0.1, -0.05) is 0 Å². The Labute approximate surface area is 87.8 Å². The first kappa shape index (κ1) is 12.5. The lowest BCUT2D eigenvalue weighted by molar-refractivity contribution is -0.139. The highest BCUT2D eigenvalue weighted by Gasteiger charge is 2.42. The number of nitrogens with zero attached hydrogens (tertiary/aromatic N) is 2. The Bertz CT molecular complexity index is 378. The van der Waals surface area contributed by atoms with Gasteiger partial charge in [-0.15, -0.1) is 0 Å². The van der Waals surface area contributed by atoms with E-state index in [1.54, 1.807) is 0 Å². The van der Waals surface area contributed by atoms with Gasteiger partial charge >= 0.3 is 18.3 Å². The van der Waals surface area contributed by atoms with E-state index >= 15 is 0 Å². The van der Waals surface area contributed by atoms with Crippen LogP contribution in [0.1, 0.15) is 10.5 Å². The second kappa shape index (κ2) is 4.50. The smallest absolute Gasteiger partial charge is 0.356 e. The van der Waals surface area contributed by atoms with E-state index in [2.05, 4.69) is 9.84 Å². The number of carbonyl (C=O) groups excluding carboxylic acids is 1. The molecule has 8 heteroatoms. The van der Waals surface area contributed by atoms with Crippen LogP contribution in [-0.4, -0.2) is 35.2 Å². The highest BCUT2D eigenvalue weighted by atomic mass is 19.3. The number of hydrogen-bond acceptors (Lipinski definition) is 3. The lowest BCUT2D eigenvalue weighted by Crippen LogP contribution is -2.33. The molecule has 16 heavy (non-hydrogen) atoms. The number of esters is 1. The summed E-state index contributed by atoms with van der Waals surface area (Å²) in [6.07, 6.45) is -2.77. The lowest BCUT2D eigenvalue weighted by Gasteiger charge is -2.16. The maximum atomic E-state index is 12.7. The van der Waals surface area contributed by atoms with Gasteiger partial charge in [-0.25, -0.2) is 13.6 Å². The summed E-state index contributed by atoms with van der Waals surface area (Å²) in [5, 5.41) is 3.36. The number of rotatable bonds is 4. The van der Waals surface area contributed by atoms with Crippen LogP contribution in [0.5, 0.6) is 0 Å². The van der Waals surface area contributed by atoms with Gasteiger partial charge in [0.1, 0.15) is 12.2 Å². The van der Waals surface area contributed by atoms with E-state index in [0.717, 1.165) is 19.4 Å². The summed E-state index contributed by atoms with van der Waals surface area (Å²) in [6, 6.07) is 1.10. The molecule has 0 aliphatic heterocycles. The van der Waals surface area contributed by atoms with Crippen molar-refractivity contribution in [1.29, 1.82) is 0 Å². The Morgan fingerprint density at radius 3 is 2.75 bits per heavy atom. The van der Waals surface area contributed by atoms with Crippen LogP contribution in [0.25, 0.3) is 0 Å². The molecule has 0 atom stereocenters. The second-order valence-electron chi connectivity index (χ2n) is 2.93. The van der Waals surface area contributed by atoms with Crippen LogP contribution in [0, 0.1) is 0 Å². The summed E-state index contributed by atoms with van der Waals surface area (Å²) in [5.74, 6) is -5.16. The minimum atomic E-state index is -4.24. The summed E-state index contributed by atoms with van der Waals surface area (Å²) >= 11 is 0. The molecule has 1 heterocycles. The van der Waals surface area contributed by atoms with Crippen molar-refractivity contribution in [2.45, 2.75) is 18.9 Å². The zero-order chi connectivity index (χ0) is 12.3. The van der Waals surface area contributed by atoms with Crippen molar-refractivity contribution in [2.24, 2.45) is 0 Å². The van der Waals surface area contributed by atoms with E-state index in [1.165, 1.54) is 0 Å². The Hall–Kier alpha value is -1.60. The zero-order valence-corrected chi connectivity index (χ0v) is 8.16. The average Bonchev–Trinajstić information content (AvgIpc) is 2.63. The average molecular weight is 240 g/mol. The van der Waals surface area contributed by atoms with Gasteiger partial charge in [0.25, 0.3) is 0 Å². The fourth-order valence-electron chi connectivity index (χ4n) is 1.01. The maximum absolute atomic E-state index is 12.7. The van der Waals surface area contributed by atoms with Gasteiger partial charge in [-0.3, -0.25) is 4.68 Å². The number of carbonyl (C=O) groups is 1. The Morgan fingerprint density at radius 1 is 1.62 bits per heavy atom. The van der Waals surface area contributed by atoms with E-state index < -0.39 is 24.9 Å². The fraction of sp³-hybridized carbons (Fsp3) is 0.500. The van der Waals surface area contributed by atoms with Crippen LogP contribution in [-0.2, 0) is 11.3 Å². The number of methoxy groups -OCH3 is 1. The maximum Gasteiger partial charge on any atom is 0.356 e. The van der Waals surface area contributed by atoms with Gasteiger partial charge in [-0.2, -0.15) is 13.9 Å². The van der Waals surface area contributed by atoms with Crippen molar-refractivity contribution in [2.75, 3.05) is 7.11 Å². The van der Waals surface area contributed by atoms with Gasteiger partial charge in [0, 0.05) is 6.20 Å². The first-order valence-corrected chi connectivity index (χ1v) is 4.14. The van der Waals surface area contributed by atoms with Gasteiger partial charge in [0.2, 0.25) is 0 Å². The molecule has 0 N–H and O–H groups in total. The Kier molecular flexibility index (Phi) is 3.51. The summed E-state index contributed by atoms with van der Waals surface area (Å²) in [6.45, 7) is -1.37. The van der Waals surface area contributed by atoms with Crippen molar-refractivity contribution >= 4 is 5.97 Å². The number of ether oxygens (including phenoxy) is 1. The Balaban J connectivity index is 2.90. The lowest BCUT2D eigenvalue weighted by atomic mass is 10.3. The summed E-state index contributed by atoms with van der Waals surface area (Å²) < 4.78 is 54.0. The molecule has 0 aliphatic rings. The van der Waals surface area contributed by atoms with E-state index in [9.17, 15) is 22.4 Å². The van der Waals surface area contributed by atoms with Crippen LogP contribution < -0.4 is 0 Å². The normalized spacial score (nSPS) is 11.9. The molecule has 0 radical (unpaired) electrons. The SMILES string of the molecule is COC(=O)c1ccnn1CC(F)(F)C(F)F. The third-order valence-electron chi connectivity index (χ3n) is 1.79. The summed E-state index contributed by atoms with van der Waals surface area (Å²) in [4.78, 5) is 11.0. The van der Waals surface area contributed by atoms with Gasteiger partial charge in [0.15, 0.2) is 0 Å². The van der Waals surface area contributed by atoms with Crippen LogP contribution in [0.4, 0.5) is 17.6 Å². The second-order valence-corrected chi connectivity index (χ2v) is 2.93. The fourth-order valence-corrected chi connectivity index (χ4v) is 1.01. The first-order valence-electron chi connectivity index (χ1n) is 4.14. The molecule has 1 aromatic heterocycles. The van der Waals surface area contributed by atoms with E-state index in [1.807, 2.05) is 0 Å². The van der Waals surface area contributed by atoms with Crippen LogP contribution in [0.15, 0.2) is 12.3 Å². The molecule has 1 rings (SSSR count). The van der Waals surface area contributed by atoms with Crippen molar-refractivity contribution in [3.05, 3.63) is 18.0 Å². The van der Waals surface area contributed by atoms with Crippen LogP contribution >= 0.6 is 0 Å². The van der Waals surface area contributed by atoms with Crippen molar-refractivity contribution in [1.82, 2.24) is 9.78 Å². The van der Waals surface area contributed by atoms with Crippen LogP contribution in [0.2, 0.25) is 0 Å². The molecule has 0 aliphatic carbocycles. The minimum absolute atomic E-state index is 0.303. The van der Waals surface area contributed by atoms with E-state index in [-0.39, 0.29) is 5.69 Å². The quantitative estimate of drug-likeness (QED) is 0.592. The molecule has 4 nitrogen and oxygen atoms in total. The third kappa shape index (κ3) is 2.50. The highest BCUT2D eigenvalue weighted by molar-refractivity contribution is 5.87. The van der Waals surface area contributed by atoms with Gasteiger partial charge in [0.05, 0.1) is 7.11 Å². The van der Waals surface area contributed by atoms with Crippen LogP contribution in [0.3, 0.4) is 0 Å². The molecule has 0 unspecified atom stereocenters. The molecule has 0 spiro atoms. The number of hydrogen-bond donors (Lipinski definition) is 0. The number of aromatic nitrogens is 2. The standard InChI is InChI=1S/C8H8F4N2O2/c1-16-6(15)5-2-3-13-14(5)4-8(11,12)7(9)10/h2-3,7H,4H2,1H3. The first-order chi connectivity index (χ1) is 7.38. The van der Waals surface area contributed by atoms with Gasteiger partial charge in [-0.05, 0) is 6.07 Å². The van der Waals surface area contributed by atoms with E-state index in [0.29, 0.717) is 4.68 Å². The molecule has 0 saturated heterocycles. The molecule has 1 aromatic rings. The number of alkyl halides is 4. The third-order valence-corrected chi connectivity index (χ3v) is 1.79. The van der Waals surface area contributed by atoms with Crippen molar-refractivity contribution in [3.63, 3.8) is 0 Å². The minimum Gasteiger partial charge on any atom is -0.464 e. The Morgan fingerprint density at radius 2 is 2.25 bits per heavy atom. The van der Waals surface area contributed by atoms with Crippen molar-refractivity contribution in [3.8, 4) is 0 Å². The highest BCUT2D eigenvalue weighted by Crippen LogP contribution is 2.25. The summed E-state index contributed by atoms with van der Waals surface area (Å²) in [7, 11) is 1.05. The zero-order valence-electron chi connectivity index (χ0n) is 8.16. The predicted molar refractivity (Wildman–Crippen MR) is 44.5 cm³/mol. The largest absolute Gasteiger partial charge is 0.464 e. The number of halogens is 4. The molecule has 0 fully saturated rings. The topological polar surface area (TPSA) is 44.1 Å². The van der Waals surface area contributed by atoms with Crippen molar-refractivity contribution < 1.29 is 27.1 Å². The molecule has 0 amide bonds. The molecule has 0 bridgehead atoms. The summed E-state index contributed by atoms with van der Waals surface area (Å²) in [5.41, 5.74) is -0.303.